The third-order valence-corrected chi connectivity index (χ3v) is 4.67. The molecule has 0 spiro atoms. The van der Waals surface area contributed by atoms with E-state index in [1.54, 1.807) is 20.8 Å². The first-order valence-corrected chi connectivity index (χ1v) is 7.02. The maximum atomic E-state index is 11.8. The number of rotatable bonds is 4. The van der Waals surface area contributed by atoms with E-state index in [1.165, 1.54) is 0 Å². The Kier molecular flexibility index (Phi) is 4.30. The van der Waals surface area contributed by atoms with Crippen molar-refractivity contribution in [3.8, 4) is 0 Å². The van der Waals surface area contributed by atoms with Crippen molar-refractivity contribution in [2.45, 2.75) is 38.6 Å². The van der Waals surface area contributed by atoms with Crippen LogP contribution in [0.15, 0.2) is 24.3 Å². The van der Waals surface area contributed by atoms with Gasteiger partial charge in [0.1, 0.15) is 0 Å². The SMILES string of the molecule is CC(C)(C)S(=O)(=O)NCc1ccc(CN)cc1. The van der Waals surface area contributed by atoms with Gasteiger partial charge in [0, 0.05) is 13.1 Å². The molecule has 0 bridgehead atoms. The summed E-state index contributed by atoms with van der Waals surface area (Å²) in [7, 11) is -3.29. The molecule has 1 aromatic rings. The number of nitrogens with two attached hydrogens (primary N) is 1. The van der Waals surface area contributed by atoms with Crippen molar-refractivity contribution in [1.82, 2.24) is 4.72 Å². The standard InChI is InChI=1S/C12H20N2O2S/c1-12(2,3)17(15,16)14-9-11-6-4-10(8-13)5-7-11/h4-7,14H,8-9,13H2,1-3H3. The monoisotopic (exact) mass is 256 g/mol. The number of nitrogens with one attached hydrogen (secondary N) is 1. The highest BCUT2D eigenvalue weighted by atomic mass is 32.2. The van der Waals surface area contributed by atoms with Gasteiger partial charge in [0.25, 0.3) is 0 Å². The van der Waals surface area contributed by atoms with E-state index in [1.807, 2.05) is 24.3 Å². The van der Waals surface area contributed by atoms with E-state index in [-0.39, 0.29) is 0 Å². The van der Waals surface area contributed by atoms with Gasteiger partial charge in [-0.3, -0.25) is 0 Å². The largest absolute Gasteiger partial charge is 0.326 e. The first-order chi connectivity index (χ1) is 7.76. The average Bonchev–Trinajstić information content (AvgIpc) is 2.25. The fourth-order valence-corrected chi connectivity index (χ4v) is 1.98. The zero-order valence-corrected chi connectivity index (χ0v) is 11.3. The van der Waals surface area contributed by atoms with E-state index < -0.39 is 14.8 Å². The molecule has 0 saturated carbocycles. The first-order valence-electron chi connectivity index (χ1n) is 5.53. The minimum absolute atomic E-state index is 0.310. The van der Waals surface area contributed by atoms with Gasteiger partial charge < -0.3 is 5.73 Å². The minimum atomic E-state index is -3.29. The Hall–Kier alpha value is -0.910. The van der Waals surface area contributed by atoms with E-state index in [2.05, 4.69) is 4.72 Å². The summed E-state index contributed by atoms with van der Waals surface area (Å²) in [6, 6.07) is 7.57. The average molecular weight is 256 g/mol. The molecule has 0 aromatic heterocycles. The van der Waals surface area contributed by atoms with Gasteiger partial charge in [-0.05, 0) is 31.9 Å². The van der Waals surface area contributed by atoms with Gasteiger partial charge in [-0.15, -0.1) is 0 Å². The summed E-state index contributed by atoms with van der Waals surface area (Å²) in [4.78, 5) is 0. The normalized spacial score (nSPS) is 12.7. The second kappa shape index (κ2) is 5.16. The van der Waals surface area contributed by atoms with Crippen LogP contribution in [0.5, 0.6) is 0 Å². The summed E-state index contributed by atoms with van der Waals surface area (Å²) in [5.74, 6) is 0. The van der Waals surface area contributed by atoms with Crippen molar-refractivity contribution < 1.29 is 8.42 Å². The number of sulfonamides is 1. The maximum Gasteiger partial charge on any atom is 0.216 e. The Bertz CT molecular complexity index is 458. The van der Waals surface area contributed by atoms with Crippen molar-refractivity contribution in [1.29, 1.82) is 0 Å². The summed E-state index contributed by atoms with van der Waals surface area (Å²) in [6.45, 7) is 5.82. The van der Waals surface area contributed by atoms with Crippen molar-refractivity contribution in [2.24, 2.45) is 5.73 Å². The van der Waals surface area contributed by atoms with E-state index in [4.69, 9.17) is 5.73 Å². The maximum absolute atomic E-state index is 11.8. The van der Waals surface area contributed by atoms with E-state index >= 15 is 0 Å². The second-order valence-corrected chi connectivity index (χ2v) is 7.48. The topological polar surface area (TPSA) is 72.2 Å². The molecule has 3 N–H and O–H groups in total. The summed E-state index contributed by atoms with van der Waals surface area (Å²) in [6.07, 6.45) is 0. The van der Waals surface area contributed by atoms with Crippen LogP contribution in [0.4, 0.5) is 0 Å². The number of hydrogen-bond acceptors (Lipinski definition) is 3. The lowest BCUT2D eigenvalue weighted by Crippen LogP contribution is -2.38. The summed E-state index contributed by atoms with van der Waals surface area (Å²) < 4.78 is 25.4. The van der Waals surface area contributed by atoms with Gasteiger partial charge >= 0.3 is 0 Å². The van der Waals surface area contributed by atoms with Crippen LogP contribution in [0.1, 0.15) is 31.9 Å². The molecule has 0 aliphatic rings. The summed E-state index contributed by atoms with van der Waals surface area (Å²) in [5, 5.41) is 0. The minimum Gasteiger partial charge on any atom is -0.326 e. The molecule has 96 valence electrons. The number of hydrogen-bond donors (Lipinski definition) is 2. The molecule has 0 radical (unpaired) electrons. The van der Waals surface area contributed by atoms with E-state index in [0.717, 1.165) is 11.1 Å². The summed E-state index contributed by atoms with van der Waals surface area (Å²) >= 11 is 0. The van der Waals surface area contributed by atoms with Crippen LogP contribution in [0.25, 0.3) is 0 Å². The highest BCUT2D eigenvalue weighted by Gasteiger charge is 2.28. The molecule has 0 heterocycles. The Morgan fingerprint density at radius 1 is 1.12 bits per heavy atom. The molecule has 0 saturated heterocycles. The number of benzene rings is 1. The Morgan fingerprint density at radius 2 is 1.59 bits per heavy atom. The quantitative estimate of drug-likeness (QED) is 0.854. The van der Waals surface area contributed by atoms with Gasteiger partial charge in [0.05, 0.1) is 4.75 Å². The van der Waals surface area contributed by atoms with E-state index in [9.17, 15) is 8.42 Å². The molecule has 0 atom stereocenters. The van der Waals surface area contributed by atoms with Gasteiger partial charge in [-0.1, -0.05) is 24.3 Å². The molecule has 0 aliphatic heterocycles. The molecule has 0 aliphatic carbocycles. The third-order valence-electron chi connectivity index (χ3n) is 2.53. The molecule has 0 fully saturated rings. The third kappa shape index (κ3) is 3.80. The lowest BCUT2D eigenvalue weighted by molar-refractivity contribution is 0.544. The lowest BCUT2D eigenvalue weighted by atomic mass is 10.1. The van der Waals surface area contributed by atoms with Gasteiger partial charge in [-0.2, -0.15) is 0 Å². The zero-order valence-electron chi connectivity index (χ0n) is 10.5. The predicted octanol–water partition coefficient (Wildman–Crippen LogP) is 1.36. The van der Waals surface area contributed by atoms with Crippen LogP contribution in [0, 0.1) is 0 Å². The summed E-state index contributed by atoms with van der Waals surface area (Å²) in [5.41, 5.74) is 7.45. The molecule has 0 amide bonds. The van der Waals surface area contributed by atoms with Crippen molar-refractivity contribution >= 4 is 10.0 Å². The van der Waals surface area contributed by atoms with Crippen LogP contribution in [-0.2, 0) is 23.1 Å². The lowest BCUT2D eigenvalue weighted by Gasteiger charge is -2.19. The van der Waals surface area contributed by atoms with Gasteiger partial charge in [0.2, 0.25) is 10.0 Å². The molecule has 5 heteroatoms. The molecule has 1 rings (SSSR count). The van der Waals surface area contributed by atoms with Gasteiger partial charge in [0.15, 0.2) is 0 Å². The zero-order chi connectivity index (χ0) is 13.1. The Balaban J connectivity index is 2.68. The highest BCUT2D eigenvalue weighted by Crippen LogP contribution is 2.14. The smallest absolute Gasteiger partial charge is 0.216 e. The fraction of sp³-hybridized carbons (Fsp3) is 0.500. The predicted molar refractivity (Wildman–Crippen MR) is 69.8 cm³/mol. The Labute approximate surface area is 103 Å². The molecule has 17 heavy (non-hydrogen) atoms. The molecule has 0 unspecified atom stereocenters. The van der Waals surface area contributed by atoms with Crippen LogP contribution < -0.4 is 10.5 Å². The first kappa shape index (κ1) is 14.2. The fourth-order valence-electron chi connectivity index (χ4n) is 1.19. The van der Waals surface area contributed by atoms with Crippen LogP contribution >= 0.6 is 0 Å². The molecule has 4 nitrogen and oxygen atoms in total. The molecular weight excluding hydrogens is 236 g/mol. The van der Waals surface area contributed by atoms with Crippen molar-refractivity contribution in [3.05, 3.63) is 35.4 Å². The molecule has 1 aromatic carbocycles. The van der Waals surface area contributed by atoms with E-state index in [0.29, 0.717) is 13.1 Å². The van der Waals surface area contributed by atoms with Crippen molar-refractivity contribution in [2.75, 3.05) is 0 Å². The highest BCUT2D eigenvalue weighted by molar-refractivity contribution is 7.90. The van der Waals surface area contributed by atoms with Gasteiger partial charge in [-0.25, -0.2) is 13.1 Å². The van der Waals surface area contributed by atoms with Crippen LogP contribution in [0.3, 0.4) is 0 Å². The Morgan fingerprint density at radius 3 is 2.00 bits per heavy atom. The van der Waals surface area contributed by atoms with Crippen molar-refractivity contribution in [3.63, 3.8) is 0 Å². The second-order valence-electron chi connectivity index (χ2n) is 4.96. The molecular formula is C12H20N2O2S. The van der Waals surface area contributed by atoms with Crippen LogP contribution in [0.2, 0.25) is 0 Å². The van der Waals surface area contributed by atoms with Crippen LogP contribution in [-0.4, -0.2) is 13.2 Å².